The summed E-state index contributed by atoms with van der Waals surface area (Å²) in [6.07, 6.45) is 2.96. The molecule has 0 spiro atoms. The number of aryl methyl sites for hydroxylation is 1. The van der Waals surface area contributed by atoms with E-state index in [0.717, 1.165) is 10.9 Å². The van der Waals surface area contributed by atoms with Crippen LogP contribution in [0.1, 0.15) is 24.7 Å². The summed E-state index contributed by atoms with van der Waals surface area (Å²) < 4.78 is 18.1. The third kappa shape index (κ3) is 5.36. The minimum atomic E-state index is -0.511. The lowest BCUT2D eigenvalue weighted by Crippen LogP contribution is -2.22. The zero-order chi connectivity index (χ0) is 23.3. The number of esters is 1. The van der Waals surface area contributed by atoms with E-state index in [1.807, 2.05) is 19.1 Å². The van der Waals surface area contributed by atoms with Gasteiger partial charge in [-0.25, -0.2) is 9.78 Å². The zero-order valence-corrected chi connectivity index (χ0v) is 20.9. The molecule has 0 radical (unpaired) electrons. The van der Waals surface area contributed by atoms with Gasteiger partial charge in [-0.15, -0.1) is 0 Å². The van der Waals surface area contributed by atoms with Gasteiger partial charge in [0, 0.05) is 10.9 Å². The van der Waals surface area contributed by atoms with Crippen molar-refractivity contribution in [1.82, 2.24) is 9.66 Å². The fourth-order valence-electron chi connectivity index (χ4n) is 2.97. The average molecular weight is 567 g/mol. The van der Waals surface area contributed by atoms with E-state index < -0.39 is 5.97 Å². The van der Waals surface area contributed by atoms with Crippen molar-refractivity contribution in [3.63, 3.8) is 0 Å². The lowest BCUT2D eigenvalue weighted by molar-refractivity contribution is -0.142. The van der Waals surface area contributed by atoms with Crippen molar-refractivity contribution in [2.24, 2.45) is 5.10 Å². The van der Waals surface area contributed by atoms with Crippen molar-refractivity contribution in [2.45, 2.75) is 19.8 Å². The van der Waals surface area contributed by atoms with Crippen molar-refractivity contribution < 1.29 is 19.0 Å². The number of fused-ring (bicyclic) bond motifs is 1. The molecule has 0 aliphatic carbocycles. The molecule has 168 valence electrons. The van der Waals surface area contributed by atoms with Crippen LogP contribution < -0.4 is 15.0 Å². The lowest BCUT2D eigenvalue weighted by Gasteiger charge is -2.13. The Morgan fingerprint density at radius 2 is 2.00 bits per heavy atom. The number of rotatable bonds is 8. The summed E-state index contributed by atoms with van der Waals surface area (Å²) in [5.74, 6) is 0.818. The fourth-order valence-corrected chi connectivity index (χ4v) is 3.90. The minimum Gasteiger partial charge on any atom is -0.493 e. The Kier molecular flexibility index (Phi) is 8.03. The molecule has 0 saturated heterocycles. The van der Waals surface area contributed by atoms with Gasteiger partial charge in [-0.2, -0.15) is 9.78 Å². The highest BCUT2D eigenvalue weighted by Gasteiger charge is 2.14. The first-order valence-electron chi connectivity index (χ1n) is 9.70. The average Bonchev–Trinajstić information content (AvgIpc) is 2.78. The van der Waals surface area contributed by atoms with Crippen molar-refractivity contribution in [3.8, 4) is 11.5 Å². The van der Waals surface area contributed by atoms with Gasteiger partial charge in [0.25, 0.3) is 5.56 Å². The molecule has 0 bridgehead atoms. The normalized spacial score (nSPS) is 11.2. The van der Waals surface area contributed by atoms with Crippen LogP contribution in [0.15, 0.2) is 49.2 Å². The Morgan fingerprint density at radius 1 is 1.22 bits per heavy atom. The van der Waals surface area contributed by atoms with Crippen LogP contribution in [0.4, 0.5) is 0 Å². The number of aromatic nitrogens is 2. The number of nitrogens with zero attached hydrogens (tertiary/aromatic N) is 3. The van der Waals surface area contributed by atoms with Crippen molar-refractivity contribution in [1.29, 1.82) is 0 Å². The minimum absolute atomic E-state index is 0.250. The Bertz CT molecular complexity index is 1240. The first-order chi connectivity index (χ1) is 15.4. The maximum Gasteiger partial charge on any atom is 0.343 e. The topological polar surface area (TPSA) is 92.0 Å². The molecule has 0 aliphatic rings. The molecule has 8 nitrogen and oxygen atoms in total. The molecule has 2 aromatic carbocycles. The van der Waals surface area contributed by atoms with Gasteiger partial charge in [0.1, 0.15) is 5.82 Å². The van der Waals surface area contributed by atoms with Crippen LogP contribution in [-0.4, -0.2) is 42.7 Å². The maximum absolute atomic E-state index is 13.1. The van der Waals surface area contributed by atoms with Gasteiger partial charge in [-0.3, -0.25) is 4.79 Å². The number of ether oxygens (including phenoxy) is 3. The van der Waals surface area contributed by atoms with Gasteiger partial charge in [0.15, 0.2) is 18.1 Å². The van der Waals surface area contributed by atoms with Crippen molar-refractivity contribution in [3.05, 3.63) is 61.0 Å². The Labute approximate surface area is 201 Å². The third-order valence-corrected chi connectivity index (χ3v) is 5.57. The molecule has 10 heteroatoms. The summed E-state index contributed by atoms with van der Waals surface area (Å²) in [4.78, 5) is 29.1. The summed E-state index contributed by atoms with van der Waals surface area (Å²) in [7, 11) is 2.77. The number of halogens is 2. The van der Waals surface area contributed by atoms with E-state index in [0.29, 0.717) is 44.7 Å². The summed E-state index contributed by atoms with van der Waals surface area (Å²) >= 11 is 6.83. The number of methoxy groups -OCH3 is 2. The van der Waals surface area contributed by atoms with Crippen LogP contribution in [0, 0.1) is 0 Å². The van der Waals surface area contributed by atoms with Crippen LogP contribution in [-0.2, 0) is 16.0 Å². The van der Waals surface area contributed by atoms with Gasteiger partial charge in [-0.1, -0.05) is 22.9 Å². The van der Waals surface area contributed by atoms with Crippen molar-refractivity contribution >= 4 is 54.9 Å². The molecule has 3 aromatic rings. The van der Waals surface area contributed by atoms with Crippen LogP contribution in [0.3, 0.4) is 0 Å². The molecule has 0 unspecified atom stereocenters. The molecular formula is C22H21Br2N3O5. The molecule has 0 atom stereocenters. The fraction of sp³-hybridized carbons (Fsp3) is 0.273. The van der Waals surface area contributed by atoms with Crippen LogP contribution in [0.2, 0.25) is 0 Å². The SMILES string of the molecule is CCCc1nc2ccc(Br)cc2c(=O)n1N=Cc1cc(Br)c(OCC(=O)OC)c(OC)c1. The predicted octanol–water partition coefficient (Wildman–Crippen LogP) is 4.32. The summed E-state index contributed by atoms with van der Waals surface area (Å²) in [5, 5.41) is 4.89. The predicted molar refractivity (Wildman–Crippen MR) is 129 cm³/mol. The van der Waals surface area contributed by atoms with E-state index >= 15 is 0 Å². The van der Waals surface area contributed by atoms with Gasteiger partial charge >= 0.3 is 5.97 Å². The summed E-state index contributed by atoms with van der Waals surface area (Å²) in [6, 6.07) is 8.83. The Balaban J connectivity index is 2.02. The molecule has 3 rings (SSSR count). The number of benzene rings is 2. The molecule has 0 fully saturated rings. The molecule has 0 aliphatic heterocycles. The second kappa shape index (κ2) is 10.7. The van der Waals surface area contributed by atoms with Gasteiger partial charge < -0.3 is 14.2 Å². The van der Waals surface area contributed by atoms with E-state index in [-0.39, 0.29) is 12.2 Å². The first kappa shape index (κ1) is 23.9. The molecule has 0 N–H and O–H groups in total. The lowest BCUT2D eigenvalue weighted by atomic mass is 10.2. The van der Waals surface area contributed by atoms with Crippen LogP contribution >= 0.6 is 31.9 Å². The summed E-state index contributed by atoms with van der Waals surface area (Å²) in [5.41, 5.74) is 1.03. The highest BCUT2D eigenvalue weighted by molar-refractivity contribution is 9.10. The Morgan fingerprint density at radius 3 is 2.69 bits per heavy atom. The smallest absolute Gasteiger partial charge is 0.343 e. The second-order valence-corrected chi connectivity index (χ2v) is 8.47. The quantitative estimate of drug-likeness (QED) is 0.298. The van der Waals surface area contributed by atoms with Crippen molar-refractivity contribution in [2.75, 3.05) is 20.8 Å². The molecule has 1 heterocycles. The maximum atomic E-state index is 13.1. The van der Waals surface area contributed by atoms with E-state index in [4.69, 9.17) is 9.47 Å². The van der Waals surface area contributed by atoms with Gasteiger partial charge in [0.2, 0.25) is 0 Å². The van der Waals surface area contributed by atoms with E-state index in [2.05, 4.69) is 46.7 Å². The van der Waals surface area contributed by atoms with E-state index in [9.17, 15) is 9.59 Å². The molecule has 0 saturated carbocycles. The number of carbonyl (C=O) groups excluding carboxylic acids is 1. The largest absolute Gasteiger partial charge is 0.493 e. The van der Waals surface area contributed by atoms with E-state index in [1.165, 1.54) is 18.9 Å². The highest BCUT2D eigenvalue weighted by Crippen LogP contribution is 2.36. The van der Waals surface area contributed by atoms with Crippen LogP contribution in [0.25, 0.3) is 10.9 Å². The molecule has 0 amide bonds. The first-order valence-corrected chi connectivity index (χ1v) is 11.3. The standard InChI is InChI=1S/C22H21Br2N3O5/c1-4-5-19-26-17-7-6-14(23)10-15(17)22(29)27(19)25-11-13-8-16(24)21(18(9-13)30-2)32-12-20(28)31-3/h6-11H,4-5,12H2,1-3H3. The number of hydrogen-bond donors (Lipinski definition) is 0. The molecule has 1 aromatic heterocycles. The number of hydrogen-bond acceptors (Lipinski definition) is 7. The van der Waals surface area contributed by atoms with E-state index in [1.54, 1.807) is 24.4 Å². The summed E-state index contributed by atoms with van der Waals surface area (Å²) in [6.45, 7) is 1.76. The second-order valence-electron chi connectivity index (χ2n) is 6.70. The van der Waals surface area contributed by atoms with Crippen LogP contribution in [0.5, 0.6) is 11.5 Å². The highest BCUT2D eigenvalue weighted by atomic mass is 79.9. The third-order valence-electron chi connectivity index (χ3n) is 4.49. The van der Waals surface area contributed by atoms with Gasteiger partial charge in [-0.05, 0) is 58.2 Å². The zero-order valence-electron chi connectivity index (χ0n) is 17.7. The monoisotopic (exact) mass is 565 g/mol. The number of carbonyl (C=O) groups is 1. The molecule has 32 heavy (non-hydrogen) atoms. The Hall–Kier alpha value is -2.72. The molecular weight excluding hydrogens is 546 g/mol. The van der Waals surface area contributed by atoms with Gasteiger partial charge in [0.05, 0.1) is 35.8 Å².